The van der Waals surface area contributed by atoms with Crippen LogP contribution in [0, 0.1) is 0 Å². The molecule has 0 radical (unpaired) electrons. The third-order valence-electron chi connectivity index (χ3n) is 15.8. The van der Waals surface area contributed by atoms with Crippen LogP contribution in [0.4, 0.5) is 56.9 Å². The highest BCUT2D eigenvalue weighted by atomic mass is 15.2. The molecule has 0 aliphatic heterocycles. The number of anilines is 10. The van der Waals surface area contributed by atoms with Crippen molar-refractivity contribution in [1.82, 2.24) is 0 Å². The lowest BCUT2D eigenvalue weighted by Gasteiger charge is -2.35. The fraction of sp³-hybridized carbons (Fsp3) is 0.0685. The Morgan fingerprint density at radius 1 is 0.234 bits per heavy atom. The van der Waals surface area contributed by atoms with E-state index < -0.39 is 5.41 Å². The van der Waals surface area contributed by atoms with E-state index >= 15 is 0 Å². The summed E-state index contributed by atoms with van der Waals surface area (Å²) in [6.07, 6.45) is 18.1. The number of allylic oxidation sites excluding steroid dienone is 6. The highest BCUT2D eigenvalue weighted by Crippen LogP contribution is 2.65. The summed E-state index contributed by atoms with van der Waals surface area (Å²) >= 11 is 0. The van der Waals surface area contributed by atoms with E-state index in [2.05, 4.69) is 311 Å². The van der Waals surface area contributed by atoms with Gasteiger partial charge in [0.1, 0.15) is 0 Å². The summed E-state index contributed by atoms with van der Waals surface area (Å²) < 4.78 is 0. The molecule has 0 fully saturated rings. The fourth-order valence-corrected chi connectivity index (χ4v) is 12.5. The van der Waals surface area contributed by atoms with Crippen molar-refractivity contribution in [3.8, 4) is 22.3 Å². The van der Waals surface area contributed by atoms with Crippen LogP contribution in [0.25, 0.3) is 22.3 Å². The number of hydrogen-bond acceptors (Lipinski definition) is 4. The first kappa shape index (κ1) is 45.9. The second-order valence-electron chi connectivity index (χ2n) is 20.2. The van der Waals surface area contributed by atoms with Gasteiger partial charge in [-0.3, -0.25) is 0 Å². The van der Waals surface area contributed by atoms with Gasteiger partial charge in [-0.2, -0.15) is 0 Å². The van der Waals surface area contributed by atoms with E-state index in [0.29, 0.717) is 0 Å². The Hall–Kier alpha value is -9.64. The molecule has 0 heterocycles. The average Bonchev–Trinajstić information content (AvgIpc) is 4.12. The zero-order chi connectivity index (χ0) is 51.1. The molecule has 10 aromatic carbocycles. The SMILES string of the molecule is C1=CC(N(c2ccccc2)c2ccc3c(c2)C2(c4cc(N(C5=CCCC=C5)c5ccccc5)ccc4-c4ccc(N(c5ccccc5)c5ccccc5)cc42)c2cc(N(c4ccccc4)c4ccccc4)ccc2-3)=CCC1. The zero-order valence-electron chi connectivity index (χ0n) is 42.8. The summed E-state index contributed by atoms with van der Waals surface area (Å²) in [6, 6.07) is 94.1. The van der Waals surface area contributed by atoms with Crippen LogP contribution in [0.15, 0.2) is 303 Å². The fourth-order valence-electron chi connectivity index (χ4n) is 12.5. The minimum atomic E-state index is -0.788. The standard InChI is InChI=1S/C73H56N4/c1-9-25-53(26-10-1)74(54-27-11-2-12-28-54)61-41-45-65-66-46-42-62(75(55-29-13-3-14-30-55)56-31-15-4-16-32-56)50-70(66)73(69(65)49-61)71-51-63(76(57-33-17-5-18-34-57)58-35-19-6-20-36-58)43-47-67(71)68-48-44-64(52-72(68)73)77(59-37-21-7-22-38-59)60-39-23-8-24-40-60/h1-3,5-7,9-15,17-23,25-52H,4,8,16,24H2. The van der Waals surface area contributed by atoms with E-state index in [-0.39, 0.29) is 0 Å². The molecule has 0 atom stereocenters. The molecule has 1 spiro atoms. The van der Waals surface area contributed by atoms with Gasteiger partial charge in [-0.25, -0.2) is 0 Å². The molecule has 77 heavy (non-hydrogen) atoms. The summed E-state index contributed by atoms with van der Waals surface area (Å²) in [5.74, 6) is 0. The van der Waals surface area contributed by atoms with Crippen LogP contribution >= 0.6 is 0 Å². The van der Waals surface area contributed by atoms with Crippen LogP contribution in [0.5, 0.6) is 0 Å². The number of para-hydroxylation sites is 6. The lowest BCUT2D eigenvalue weighted by molar-refractivity contribution is 0.793. The summed E-state index contributed by atoms with van der Waals surface area (Å²) in [4.78, 5) is 9.74. The topological polar surface area (TPSA) is 13.0 Å². The lowest BCUT2D eigenvalue weighted by Crippen LogP contribution is -2.28. The predicted molar refractivity (Wildman–Crippen MR) is 322 cm³/mol. The normalized spacial score (nSPS) is 14.2. The van der Waals surface area contributed by atoms with Gasteiger partial charge in [0, 0.05) is 68.3 Å². The second-order valence-corrected chi connectivity index (χ2v) is 20.2. The molecule has 368 valence electrons. The Kier molecular flexibility index (Phi) is 11.7. The molecular formula is C73H56N4. The third kappa shape index (κ3) is 7.91. The van der Waals surface area contributed by atoms with Crippen molar-refractivity contribution >= 4 is 56.9 Å². The van der Waals surface area contributed by atoms with Gasteiger partial charge >= 0.3 is 0 Å². The molecule has 0 bridgehead atoms. The van der Waals surface area contributed by atoms with Gasteiger partial charge in [-0.05, 0) is 204 Å². The van der Waals surface area contributed by atoms with Crippen molar-refractivity contribution in [2.24, 2.45) is 0 Å². The molecule has 4 aliphatic rings. The summed E-state index contributed by atoms with van der Waals surface area (Å²) in [5, 5.41) is 0. The first-order valence-corrected chi connectivity index (χ1v) is 27.1. The van der Waals surface area contributed by atoms with E-state index in [1.54, 1.807) is 0 Å². The molecular weight excluding hydrogens is 933 g/mol. The number of benzene rings is 10. The zero-order valence-corrected chi connectivity index (χ0v) is 42.8. The van der Waals surface area contributed by atoms with Crippen molar-refractivity contribution in [3.63, 3.8) is 0 Å². The van der Waals surface area contributed by atoms with Crippen molar-refractivity contribution < 1.29 is 0 Å². The van der Waals surface area contributed by atoms with Gasteiger partial charge in [0.15, 0.2) is 0 Å². The molecule has 0 saturated heterocycles. The molecule has 0 amide bonds. The van der Waals surface area contributed by atoms with E-state index in [1.807, 2.05) is 0 Å². The van der Waals surface area contributed by atoms with Crippen LogP contribution in [-0.2, 0) is 5.41 Å². The van der Waals surface area contributed by atoms with E-state index in [1.165, 1.54) is 55.9 Å². The molecule has 0 saturated carbocycles. The minimum absolute atomic E-state index is 0.788. The van der Waals surface area contributed by atoms with Gasteiger partial charge in [0.25, 0.3) is 0 Å². The van der Waals surface area contributed by atoms with Crippen LogP contribution in [0.3, 0.4) is 0 Å². The Balaban J connectivity index is 1.09. The van der Waals surface area contributed by atoms with Crippen LogP contribution in [0.1, 0.15) is 47.9 Å². The predicted octanol–water partition coefficient (Wildman–Crippen LogP) is 19.7. The first-order chi connectivity index (χ1) is 38.2. The maximum absolute atomic E-state index is 2.53. The van der Waals surface area contributed by atoms with Gasteiger partial charge in [0.2, 0.25) is 0 Å². The Morgan fingerprint density at radius 3 is 0.727 bits per heavy atom. The molecule has 4 nitrogen and oxygen atoms in total. The highest BCUT2D eigenvalue weighted by Gasteiger charge is 2.53. The molecule has 0 N–H and O–H groups in total. The minimum Gasteiger partial charge on any atom is -0.311 e. The van der Waals surface area contributed by atoms with Crippen LogP contribution < -0.4 is 19.6 Å². The lowest BCUT2D eigenvalue weighted by atomic mass is 9.70. The van der Waals surface area contributed by atoms with Crippen LogP contribution in [0.2, 0.25) is 0 Å². The molecule has 4 aliphatic carbocycles. The second kappa shape index (κ2) is 19.6. The molecule has 0 aromatic heterocycles. The Morgan fingerprint density at radius 2 is 0.481 bits per heavy atom. The smallest absolute Gasteiger partial charge is 0.0728 e. The van der Waals surface area contributed by atoms with Gasteiger partial charge < -0.3 is 19.6 Å². The van der Waals surface area contributed by atoms with Crippen molar-refractivity contribution in [2.45, 2.75) is 31.1 Å². The molecule has 14 rings (SSSR count). The van der Waals surface area contributed by atoms with Crippen molar-refractivity contribution in [2.75, 3.05) is 19.6 Å². The molecule has 10 aromatic rings. The van der Waals surface area contributed by atoms with Crippen molar-refractivity contribution in [1.29, 1.82) is 0 Å². The number of nitrogens with zero attached hydrogens (tertiary/aromatic N) is 4. The number of hydrogen-bond donors (Lipinski definition) is 0. The van der Waals surface area contributed by atoms with Crippen LogP contribution in [-0.4, -0.2) is 0 Å². The number of fused-ring (bicyclic) bond motifs is 10. The molecule has 4 heteroatoms. The van der Waals surface area contributed by atoms with E-state index in [4.69, 9.17) is 0 Å². The summed E-state index contributed by atoms with van der Waals surface area (Å²) in [5.41, 5.74) is 22.6. The van der Waals surface area contributed by atoms with Crippen molar-refractivity contribution in [3.05, 3.63) is 325 Å². The quantitative estimate of drug-likeness (QED) is 0.121. The monoisotopic (exact) mass is 988 g/mol. The maximum atomic E-state index is 2.53. The van der Waals surface area contributed by atoms with E-state index in [0.717, 1.165) is 82.6 Å². The Bertz CT molecular complexity index is 3580. The van der Waals surface area contributed by atoms with E-state index in [9.17, 15) is 0 Å². The van der Waals surface area contributed by atoms with Gasteiger partial charge in [0.05, 0.1) is 5.41 Å². The Labute approximate surface area is 452 Å². The molecule has 0 unspecified atom stereocenters. The van der Waals surface area contributed by atoms with Gasteiger partial charge in [-0.15, -0.1) is 0 Å². The van der Waals surface area contributed by atoms with Gasteiger partial charge in [-0.1, -0.05) is 158 Å². The third-order valence-corrected chi connectivity index (χ3v) is 15.8. The first-order valence-electron chi connectivity index (χ1n) is 27.1. The maximum Gasteiger partial charge on any atom is 0.0728 e. The largest absolute Gasteiger partial charge is 0.311 e. The highest BCUT2D eigenvalue weighted by molar-refractivity contribution is 5.99. The average molecular weight is 989 g/mol. The number of rotatable bonds is 12. The summed E-state index contributed by atoms with van der Waals surface area (Å²) in [6.45, 7) is 0. The summed E-state index contributed by atoms with van der Waals surface area (Å²) in [7, 11) is 0.